The van der Waals surface area contributed by atoms with Gasteiger partial charge in [-0.2, -0.15) is 5.26 Å². The number of halogens is 2. The summed E-state index contributed by atoms with van der Waals surface area (Å²) in [6.45, 7) is 1.64. The molecule has 1 aliphatic heterocycles. The lowest BCUT2D eigenvalue weighted by Gasteiger charge is -2.26. The number of nitrogens with zero attached hydrogens (tertiary/aromatic N) is 2. The Kier molecular flexibility index (Phi) is 6.77. The summed E-state index contributed by atoms with van der Waals surface area (Å²) in [5.41, 5.74) is 1.38. The minimum absolute atomic E-state index is 0.181. The van der Waals surface area contributed by atoms with Gasteiger partial charge in [0.1, 0.15) is 11.6 Å². The van der Waals surface area contributed by atoms with Crippen LogP contribution < -0.4 is 19.7 Å². The first-order valence-corrected chi connectivity index (χ1v) is 10.4. The number of amides is 4. The molecule has 1 saturated heterocycles. The van der Waals surface area contributed by atoms with Gasteiger partial charge in [0.05, 0.1) is 17.3 Å². The summed E-state index contributed by atoms with van der Waals surface area (Å²) in [6.07, 6.45) is 1.35. The number of anilines is 1. The van der Waals surface area contributed by atoms with Crippen LogP contribution in [0.1, 0.15) is 11.1 Å². The summed E-state index contributed by atoms with van der Waals surface area (Å²) in [5, 5.41) is 10.9. The standard InChI is InChI=1S/C21H15Br2N3O5/c1-11-7-13(3-4-15(11)22)26-20(28)14(19(27)25-21(26)29)8-12-9-16(23)18(31-6-5-24)17(10-12)30-2/h3-4,7-10H,6H2,1-2H3,(H,25,27,29)/b14-8+. The molecular formula is C21H15Br2N3O5. The largest absolute Gasteiger partial charge is 0.493 e. The van der Waals surface area contributed by atoms with Gasteiger partial charge < -0.3 is 9.47 Å². The number of imide groups is 2. The molecule has 0 atom stereocenters. The molecule has 8 nitrogen and oxygen atoms in total. The number of hydrogen-bond acceptors (Lipinski definition) is 6. The number of urea groups is 1. The number of carbonyl (C=O) groups is 3. The quantitative estimate of drug-likeness (QED) is 0.445. The van der Waals surface area contributed by atoms with Gasteiger partial charge in [0.25, 0.3) is 11.8 Å². The minimum atomic E-state index is -0.826. The number of rotatable bonds is 5. The van der Waals surface area contributed by atoms with E-state index in [2.05, 4.69) is 37.2 Å². The van der Waals surface area contributed by atoms with Gasteiger partial charge in [-0.15, -0.1) is 0 Å². The van der Waals surface area contributed by atoms with Crippen LogP contribution in [0.15, 0.2) is 44.9 Å². The molecular weight excluding hydrogens is 534 g/mol. The molecule has 0 aromatic heterocycles. The second-order valence-electron chi connectivity index (χ2n) is 6.37. The lowest BCUT2D eigenvalue weighted by molar-refractivity contribution is -0.122. The third kappa shape index (κ3) is 4.62. The molecule has 0 bridgehead atoms. The zero-order chi connectivity index (χ0) is 22.7. The summed E-state index contributed by atoms with van der Waals surface area (Å²) in [4.78, 5) is 38.7. The van der Waals surface area contributed by atoms with E-state index in [0.29, 0.717) is 27.2 Å². The molecule has 0 unspecified atom stereocenters. The Balaban J connectivity index is 2.03. The Morgan fingerprint density at radius 3 is 2.55 bits per heavy atom. The monoisotopic (exact) mass is 547 g/mol. The van der Waals surface area contributed by atoms with Crippen molar-refractivity contribution in [3.05, 3.63) is 56.0 Å². The fourth-order valence-corrected chi connectivity index (χ4v) is 3.72. The van der Waals surface area contributed by atoms with E-state index in [4.69, 9.17) is 14.7 Å². The molecule has 158 valence electrons. The fourth-order valence-electron chi connectivity index (χ4n) is 2.89. The number of nitrogens with one attached hydrogen (secondary N) is 1. The number of ether oxygens (including phenoxy) is 2. The Morgan fingerprint density at radius 2 is 1.90 bits per heavy atom. The van der Waals surface area contributed by atoms with Crippen LogP contribution in [-0.2, 0) is 9.59 Å². The van der Waals surface area contributed by atoms with Gasteiger partial charge in [-0.1, -0.05) is 15.9 Å². The van der Waals surface area contributed by atoms with Crippen LogP contribution in [0.5, 0.6) is 11.5 Å². The molecule has 0 spiro atoms. The van der Waals surface area contributed by atoms with Crippen molar-refractivity contribution in [3.8, 4) is 17.6 Å². The number of carbonyl (C=O) groups excluding carboxylic acids is 3. The van der Waals surface area contributed by atoms with Gasteiger partial charge in [-0.05, 0) is 70.4 Å². The van der Waals surface area contributed by atoms with Crippen LogP contribution in [0.25, 0.3) is 6.08 Å². The van der Waals surface area contributed by atoms with Crippen LogP contribution in [0.2, 0.25) is 0 Å². The molecule has 31 heavy (non-hydrogen) atoms. The molecule has 0 aliphatic carbocycles. The van der Waals surface area contributed by atoms with Crippen LogP contribution in [0.3, 0.4) is 0 Å². The van der Waals surface area contributed by atoms with E-state index in [0.717, 1.165) is 14.9 Å². The Hall–Kier alpha value is -3.16. The molecule has 2 aromatic carbocycles. The summed E-state index contributed by atoms with van der Waals surface area (Å²) in [5.74, 6) is -0.945. The van der Waals surface area contributed by atoms with Crippen LogP contribution in [0, 0.1) is 18.3 Å². The van der Waals surface area contributed by atoms with E-state index in [1.165, 1.54) is 13.2 Å². The van der Waals surface area contributed by atoms with Gasteiger partial charge >= 0.3 is 6.03 Å². The second-order valence-corrected chi connectivity index (χ2v) is 8.08. The lowest BCUT2D eigenvalue weighted by atomic mass is 10.1. The van der Waals surface area contributed by atoms with E-state index < -0.39 is 17.8 Å². The highest BCUT2D eigenvalue weighted by Gasteiger charge is 2.37. The fraction of sp³-hybridized carbons (Fsp3) is 0.143. The summed E-state index contributed by atoms with van der Waals surface area (Å²) < 4.78 is 11.9. The van der Waals surface area contributed by atoms with Crippen molar-refractivity contribution in [3.63, 3.8) is 0 Å². The van der Waals surface area contributed by atoms with Crippen LogP contribution in [0.4, 0.5) is 10.5 Å². The zero-order valence-electron chi connectivity index (χ0n) is 16.4. The molecule has 10 heteroatoms. The third-order valence-electron chi connectivity index (χ3n) is 4.35. The highest BCUT2D eigenvalue weighted by atomic mass is 79.9. The predicted octanol–water partition coefficient (Wildman–Crippen LogP) is 4.10. The average molecular weight is 549 g/mol. The Labute approximate surface area is 194 Å². The van der Waals surface area contributed by atoms with Crippen LogP contribution >= 0.6 is 31.9 Å². The number of aryl methyl sites for hydroxylation is 1. The lowest BCUT2D eigenvalue weighted by Crippen LogP contribution is -2.54. The smallest absolute Gasteiger partial charge is 0.335 e. The highest BCUT2D eigenvalue weighted by Crippen LogP contribution is 2.37. The van der Waals surface area contributed by atoms with E-state index in [1.54, 1.807) is 30.3 Å². The van der Waals surface area contributed by atoms with Gasteiger partial charge in [0.2, 0.25) is 0 Å². The maximum Gasteiger partial charge on any atom is 0.335 e. The first-order valence-electron chi connectivity index (χ1n) is 8.81. The van der Waals surface area contributed by atoms with E-state index >= 15 is 0 Å². The normalized spacial score (nSPS) is 15.0. The summed E-state index contributed by atoms with van der Waals surface area (Å²) >= 11 is 6.72. The molecule has 3 rings (SSSR count). The maximum atomic E-state index is 13.1. The van der Waals surface area contributed by atoms with Crippen molar-refractivity contribution in [1.29, 1.82) is 5.26 Å². The van der Waals surface area contributed by atoms with Crippen molar-refractivity contribution in [1.82, 2.24) is 5.32 Å². The molecule has 1 N–H and O–H groups in total. The van der Waals surface area contributed by atoms with Crippen molar-refractivity contribution in [2.45, 2.75) is 6.92 Å². The van der Waals surface area contributed by atoms with Crippen molar-refractivity contribution in [2.75, 3.05) is 18.6 Å². The second kappa shape index (κ2) is 9.32. The first kappa shape index (κ1) is 22.5. The summed E-state index contributed by atoms with van der Waals surface area (Å²) in [7, 11) is 1.42. The number of barbiturate groups is 1. The molecule has 0 radical (unpaired) electrons. The Morgan fingerprint density at radius 1 is 1.16 bits per heavy atom. The number of methoxy groups -OCH3 is 1. The van der Waals surface area contributed by atoms with E-state index in [9.17, 15) is 14.4 Å². The number of nitriles is 1. The van der Waals surface area contributed by atoms with E-state index in [-0.39, 0.29) is 12.2 Å². The van der Waals surface area contributed by atoms with Gasteiger partial charge in [-0.25, -0.2) is 9.69 Å². The molecule has 0 saturated carbocycles. The van der Waals surface area contributed by atoms with E-state index in [1.807, 2.05) is 13.0 Å². The van der Waals surface area contributed by atoms with Gasteiger partial charge in [-0.3, -0.25) is 14.9 Å². The first-order chi connectivity index (χ1) is 14.8. The molecule has 2 aromatic rings. The Bertz CT molecular complexity index is 1170. The zero-order valence-corrected chi connectivity index (χ0v) is 19.5. The predicted molar refractivity (Wildman–Crippen MR) is 120 cm³/mol. The van der Waals surface area contributed by atoms with Crippen molar-refractivity contribution < 1.29 is 23.9 Å². The third-order valence-corrected chi connectivity index (χ3v) is 5.82. The van der Waals surface area contributed by atoms with Gasteiger partial charge in [0.15, 0.2) is 18.1 Å². The number of hydrogen-bond donors (Lipinski definition) is 1. The summed E-state index contributed by atoms with van der Waals surface area (Å²) in [6, 6.07) is 9.18. The van der Waals surface area contributed by atoms with Crippen LogP contribution in [-0.4, -0.2) is 31.6 Å². The van der Waals surface area contributed by atoms with Crippen molar-refractivity contribution in [2.24, 2.45) is 0 Å². The highest BCUT2D eigenvalue weighted by molar-refractivity contribution is 9.10. The average Bonchev–Trinajstić information content (AvgIpc) is 2.72. The van der Waals surface area contributed by atoms with Crippen molar-refractivity contribution >= 4 is 61.5 Å². The maximum absolute atomic E-state index is 13.1. The molecule has 1 fully saturated rings. The minimum Gasteiger partial charge on any atom is -0.493 e. The molecule has 1 aliphatic rings. The topological polar surface area (TPSA) is 109 Å². The van der Waals surface area contributed by atoms with Gasteiger partial charge in [0, 0.05) is 4.47 Å². The SMILES string of the molecule is COc1cc(/C=C2\C(=O)NC(=O)N(c3ccc(Br)c(C)c3)C2=O)cc(Br)c1OCC#N. The molecule has 4 amide bonds. The number of benzene rings is 2. The molecule has 1 heterocycles.